The van der Waals surface area contributed by atoms with Gasteiger partial charge < -0.3 is 9.67 Å². The molecule has 0 bridgehead atoms. The Morgan fingerprint density at radius 3 is 3.13 bits per heavy atom. The van der Waals surface area contributed by atoms with E-state index in [4.69, 9.17) is 5.11 Å². The average Bonchev–Trinajstić information content (AvgIpc) is 2.62. The number of benzene rings is 1. The van der Waals surface area contributed by atoms with Gasteiger partial charge in [0.15, 0.2) is 0 Å². The zero-order chi connectivity index (χ0) is 10.7. The van der Waals surface area contributed by atoms with Crippen LogP contribution in [0.3, 0.4) is 0 Å². The van der Waals surface area contributed by atoms with E-state index in [2.05, 4.69) is 10.6 Å². The Hall–Kier alpha value is -1.77. The van der Waals surface area contributed by atoms with Crippen molar-refractivity contribution in [1.82, 2.24) is 4.57 Å². The monoisotopic (exact) mass is 202 g/mol. The van der Waals surface area contributed by atoms with Crippen LogP contribution in [0.2, 0.25) is 0 Å². The van der Waals surface area contributed by atoms with Crippen LogP contribution in [0.4, 0.5) is 0 Å². The first kappa shape index (κ1) is 9.77. The standard InChI is InChI=1S/C12H12NO2/c14-12(15)6-3-8-13-9-7-10-4-1-2-5-11(10)13/h2,4-5,7,9H,3,6,8H2,(H,14,15). The summed E-state index contributed by atoms with van der Waals surface area (Å²) < 4.78 is 2.08. The average molecular weight is 202 g/mol. The minimum Gasteiger partial charge on any atom is -0.481 e. The van der Waals surface area contributed by atoms with E-state index in [-0.39, 0.29) is 6.42 Å². The first-order valence-electron chi connectivity index (χ1n) is 4.94. The second-order valence-electron chi connectivity index (χ2n) is 3.49. The molecule has 1 N–H and O–H groups in total. The number of carboxylic acid groups (broad SMARTS) is 1. The fraction of sp³-hybridized carbons (Fsp3) is 0.250. The van der Waals surface area contributed by atoms with Gasteiger partial charge >= 0.3 is 5.97 Å². The van der Waals surface area contributed by atoms with Crippen LogP contribution in [0.15, 0.2) is 30.5 Å². The van der Waals surface area contributed by atoms with Gasteiger partial charge in [0.1, 0.15) is 0 Å². The number of carboxylic acids is 1. The summed E-state index contributed by atoms with van der Waals surface area (Å²) >= 11 is 0. The molecule has 2 rings (SSSR count). The summed E-state index contributed by atoms with van der Waals surface area (Å²) in [5.41, 5.74) is 1.14. The van der Waals surface area contributed by atoms with E-state index in [1.165, 1.54) is 0 Å². The van der Waals surface area contributed by atoms with Gasteiger partial charge in [0.25, 0.3) is 0 Å². The summed E-state index contributed by atoms with van der Waals surface area (Å²) in [5, 5.41) is 9.69. The lowest BCUT2D eigenvalue weighted by atomic mass is 10.2. The van der Waals surface area contributed by atoms with Crippen molar-refractivity contribution in [3.63, 3.8) is 0 Å². The van der Waals surface area contributed by atoms with Crippen LogP contribution in [-0.2, 0) is 11.3 Å². The molecule has 1 aromatic carbocycles. The van der Waals surface area contributed by atoms with Crippen LogP contribution in [0, 0.1) is 6.07 Å². The number of aliphatic carboxylic acids is 1. The van der Waals surface area contributed by atoms with Crippen LogP contribution in [0.25, 0.3) is 10.9 Å². The van der Waals surface area contributed by atoms with Gasteiger partial charge in [-0.05, 0) is 30.7 Å². The molecule has 3 heteroatoms. The summed E-state index contributed by atoms with van der Waals surface area (Å²) in [4.78, 5) is 10.4. The minimum absolute atomic E-state index is 0.221. The third-order valence-corrected chi connectivity index (χ3v) is 2.41. The Balaban J connectivity index is 2.11. The van der Waals surface area contributed by atoms with E-state index in [9.17, 15) is 4.79 Å². The molecule has 3 nitrogen and oxygen atoms in total. The third kappa shape index (κ3) is 2.18. The van der Waals surface area contributed by atoms with Crippen molar-refractivity contribution in [1.29, 1.82) is 0 Å². The molecule has 2 aromatic rings. The quantitative estimate of drug-likeness (QED) is 0.826. The van der Waals surface area contributed by atoms with E-state index in [1.54, 1.807) is 0 Å². The molecular formula is C12H12NO2. The van der Waals surface area contributed by atoms with Crippen molar-refractivity contribution in [2.75, 3.05) is 0 Å². The van der Waals surface area contributed by atoms with Crippen molar-refractivity contribution < 1.29 is 9.90 Å². The number of hydrogen-bond acceptors (Lipinski definition) is 1. The largest absolute Gasteiger partial charge is 0.481 e. The Bertz CT molecular complexity index is 473. The summed E-state index contributed by atoms with van der Waals surface area (Å²) in [5.74, 6) is -0.736. The molecule has 0 spiro atoms. The third-order valence-electron chi connectivity index (χ3n) is 2.41. The number of nitrogens with zero attached hydrogens (tertiary/aromatic N) is 1. The molecule has 1 aromatic heterocycles. The highest BCUT2D eigenvalue weighted by molar-refractivity contribution is 5.79. The lowest BCUT2D eigenvalue weighted by Gasteiger charge is -2.03. The summed E-state index contributed by atoms with van der Waals surface area (Å²) in [6, 6.07) is 10.8. The molecule has 15 heavy (non-hydrogen) atoms. The lowest BCUT2D eigenvalue weighted by Crippen LogP contribution is -2.00. The molecule has 0 fully saturated rings. The zero-order valence-electron chi connectivity index (χ0n) is 8.31. The SMILES string of the molecule is O=C(O)CCCn1ccc2c[c]ccc21. The zero-order valence-corrected chi connectivity index (χ0v) is 8.31. The molecule has 0 aliphatic rings. The van der Waals surface area contributed by atoms with E-state index < -0.39 is 5.97 Å². The van der Waals surface area contributed by atoms with E-state index >= 15 is 0 Å². The molecule has 77 valence electrons. The van der Waals surface area contributed by atoms with Crippen molar-refractivity contribution in [2.24, 2.45) is 0 Å². The van der Waals surface area contributed by atoms with E-state index in [0.717, 1.165) is 17.4 Å². The molecule has 0 unspecified atom stereocenters. The van der Waals surface area contributed by atoms with Crippen LogP contribution in [-0.4, -0.2) is 15.6 Å². The molecule has 0 saturated heterocycles. The van der Waals surface area contributed by atoms with Gasteiger partial charge in [0.2, 0.25) is 0 Å². The van der Waals surface area contributed by atoms with E-state index in [0.29, 0.717) is 6.42 Å². The number of carbonyl (C=O) groups is 1. The molecule has 0 amide bonds. The van der Waals surface area contributed by atoms with Gasteiger partial charge in [-0.15, -0.1) is 0 Å². The predicted octanol–water partition coefficient (Wildman–Crippen LogP) is 2.31. The van der Waals surface area contributed by atoms with Crippen molar-refractivity contribution >= 4 is 16.9 Å². The van der Waals surface area contributed by atoms with Crippen LogP contribution in [0.5, 0.6) is 0 Å². The van der Waals surface area contributed by atoms with Crippen molar-refractivity contribution in [3.8, 4) is 0 Å². The van der Waals surface area contributed by atoms with Crippen molar-refractivity contribution in [3.05, 3.63) is 36.5 Å². The number of aryl methyl sites for hydroxylation is 1. The fourth-order valence-corrected chi connectivity index (χ4v) is 1.68. The summed E-state index contributed by atoms with van der Waals surface area (Å²) in [6.07, 6.45) is 2.87. The van der Waals surface area contributed by atoms with Crippen LogP contribution in [0.1, 0.15) is 12.8 Å². The van der Waals surface area contributed by atoms with Crippen LogP contribution < -0.4 is 0 Å². The second kappa shape index (κ2) is 4.17. The Morgan fingerprint density at radius 2 is 2.33 bits per heavy atom. The van der Waals surface area contributed by atoms with Gasteiger partial charge in [-0.3, -0.25) is 4.79 Å². The maximum atomic E-state index is 10.4. The first-order chi connectivity index (χ1) is 7.27. The Morgan fingerprint density at radius 1 is 1.47 bits per heavy atom. The Kier molecular flexibility index (Phi) is 2.72. The highest BCUT2D eigenvalue weighted by atomic mass is 16.4. The molecular weight excluding hydrogens is 190 g/mol. The number of fused-ring (bicyclic) bond motifs is 1. The van der Waals surface area contributed by atoms with Gasteiger partial charge in [0.05, 0.1) is 0 Å². The number of aromatic nitrogens is 1. The fourth-order valence-electron chi connectivity index (χ4n) is 1.68. The van der Waals surface area contributed by atoms with Crippen LogP contribution >= 0.6 is 0 Å². The molecule has 0 saturated carbocycles. The summed E-state index contributed by atoms with van der Waals surface area (Å²) in [7, 11) is 0. The first-order valence-corrected chi connectivity index (χ1v) is 4.94. The van der Waals surface area contributed by atoms with Gasteiger partial charge in [-0.1, -0.05) is 6.07 Å². The highest BCUT2D eigenvalue weighted by Crippen LogP contribution is 2.15. The van der Waals surface area contributed by atoms with Gasteiger partial charge in [-0.25, -0.2) is 0 Å². The van der Waals surface area contributed by atoms with E-state index in [1.807, 2.05) is 30.5 Å². The number of hydrogen-bond donors (Lipinski definition) is 1. The maximum absolute atomic E-state index is 10.4. The summed E-state index contributed by atoms with van der Waals surface area (Å²) in [6.45, 7) is 0.750. The predicted molar refractivity (Wildman–Crippen MR) is 57.6 cm³/mol. The van der Waals surface area contributed by atoms with Gasteiger partial charge in [0, 0.05) is 30.1 Å². The second-order valence-corrected chi connectivity index (χ2v) is 3.49. The molecule has 1 heterocycles. The minimum atomic E-state index is -0.736. The Labute approximate surface area is 87.9 Å². The topological polar surface area (TPSA) is 42.2 Å². The number of rotatable bonds is 4. The molecule has 1 radical (unpaired) electrons. The smallest absolute Gasteiger partial charge is 0.303 e. The van der Waals surface area contributed by atoms with Gasteiger partial charge in [-0.2, -0.15) is 0 Å². The maximum Gasteiger partial charge on any atom is 0.303 e. The van der Waals surface area contributed by atoms with Crippen molar-refractivity contribution in [2.45, 2.75) is 19.4 Å². The molecule has 0 aliphatic carbocycles. The highest BCUT2D eigenvalue weighted by Gasteiger charge is 2.01. The lowest BCUT2D eigenvalue weighted by molar-refractivity contribution is -0.137. The molecule has 0 atom stereocenters. The molecule has 0 aliphatic heterocycles. The normalized spacial score (nSPS) is 10.7.